The number of halogens is 32. The Kier molecular flexibility index (Phi) is 41.5. The predicted molar refractivity (Wildman–Crippen MR) is 407 cm³/mol. The van der Waals surface area contributed by atoms with Gasteiger partial charge in [-0.25, -0.2) is 4.39 Å². The molecule has 0 spiro atoms. The molecule has 0 aliphatic rings. The lowest BCUT2D eigenvalue weighted by Crippen LogP contribution is -2.75. The molecule has 2 aromatic rings. The van der Waals surface area contributed by atoms with E-state index in [-0.39, 0.29) is 85.7 Å². The number of aliphatic hydroxyl groups is 2. The maximum atomic E-state index is 13.6. The van der Waals surface area contributed by atoms with Gasteiger partial charge in [-0.2, -0.15) is 136 Å². The molecule has 0 heterocycles. The Morgan fingerprint density at radius 1 is 0.282 bits per heavy atom. The minimum absolute atomic E-state index is 0.0177. The molecule has 0 saturated carbocycles. The number of phenolic OH excluding ortho intramolecular Hbond substituents is 2. The van der Waals surface area contributed by atoms with Crippen LogP contribution in [0.5, 0.6) is 11.5 Å². The van der Waals surface area contributed by atoms with Crippen molar-refractivity contribution in [1.29, 1.82) is 0 Å². The topological polar surface area (TPSA) is 239 Å². The van der Waals surface area contributed by atoms with E-state index in [2.05, 4.69) is 9.47 Å². The number of hydrogen-bond donors (Lipinski definition) is 4. The fourth-order valence-corrected chi connectivity index (χ4v) is 9.99. The van der Waals surface area contributed by atoms with Crippen molar-refractivity contribution in [2.45, 2.75) is 354 Å². The van der Waals surface area contributed by atoms with E-state index in [1.54, 1.807) is 27.7 Å². The third-order valence-corrected chi connectivity index (χ3v) is 20.8. The highest BCUT2D eigenvalue weighted by Gasteiger charge is 2.97. The Morgan fingerprint density at radius 3 is 0.687 bits per heavy atom. The van der Waals surface area contributed by atoms with Crippen molar-refractivity contribution in [1.82, 2.24) is 0 Å². The van der Waals surface area contributed by atoms with Crippen LogP contribution in [0.2, 0.25) is 0 Å². The first kappa shape index (κ1) is 126. The zero-order valence-corrected chi connectivity index (χ0v) is 76.1. The molecule has 0 radical (unpaired) electrons. The number of aryl methyl sites for hydroxylation is 2. The van der Waals surface area contributed by atoms with Gasteiger partial charge >= 0.3 is 125 Å². The molecular weight excluding hydrogens is 1860 g/mol. The van der Waals surface area contributed by atoms with Gasteiger partial charge in [0.2, 0.25) is 0 Å². The molecule has 2 unspecified atom stereocenters. The van der Waals surface area contributed by atoms with Gasteiger partial charge in [-0.3, -0.25) is 28.8 Å². The largest absolute Gasteiger partial charge is 0.507 e. The van der Waals surface area contributed by atoms with Crippen molar-refractivity contribution in [2.75, 3.05) is 39.6 Å². The molecule has 0 saturated heterocycles. The highest BCUT2D eigenvalue weighted by molar-refractivity contribution is 5.77. The lowest BCUT2D eigenvalue weighted by Gasteiger charge is -2.43. The molecule has 16 nitrogen and oxygen atoms in total. The van der Waals surface area contributed by atoms with Crippen molar-refractivity contribution in [2.24, 2.45) is 21.7 Å². The Hall–Kier alpha value is -7.46. The van der Waals surface area contributed by atoms with Crippen molar-refractivity contribution in [3.05, 3.63) is 57.6 Å². The van der Waals surface area contributed by atoms with E-state index < -0.39 is 173 Å². The second-order valence-corrected chi connectivity index (χ2v) is 37.4. The number of carbonyl (C=O) groups excluding carboxylic acids is 6. The highest BCUT2D eigenvalue weighted by atomic mass is 19.4. The number of carbonyl (C=O) groups is 6. The van der Waals surface area contributed by atoms with Gasteiger partial charge in [0.25, 0.3) is 0 Å². The second-order valence-electron chi connectivity index (χ2n) is 37.4. The first-order valence-corrected chi connectivity index (χ1v) is 39.7. The molecule has 0 bridgehead atoms. The van der Waals surface area contributed by atoms with Crippen molar-refractivity contribution < 1.29 is 218 Å². The van der Waals surface area contributed by atoms with Gasteiger partial charge in [0.15, 0.2) is 0 Å². The fraction of sp³-hybridized carbons (Fsp3) is 0.783. The van der Waals surface area contributed by atoms with E-state index in [4.69, 9.17) is 18.9 Å². The Morgan fingerprint density at radius 2 is 0.481 bits per heavy atom. The SMILES string of the molecule is CCC(C)(C)C(=O)OCC(O)COC(=O)CCc1cc(C(C)(C)C)c(O)c(C(C)(C)C)c1.CCC(C)(C)C(=O)OCC(O)COC(=O)CCc1cc(C(C)(C)C)c(O)c(C(C)(C)C)c1.CCC(C)(C)C(=O)OCCC(F)(F)C(F)(F)C(F)(F)C(F)(F)C(F)(C(F)(F)F)C(F)(F)F.CCC(C)(C)C(=O)OCCC(F)(F)C(F)(F)C(F)(F)C(F)(F)C(F)(F)C(F)(F)C(F)(F)C(F)(F)F. The van der Waals surface area contributed by atoms with E-state index in [0.717, 1.165) is 61.1 Å². The highest BCUT2D eigenvalue weighted by Crippen LogP contribution is 2.67. The summed E-state index contributed by atoms with van der Waals surface area (Å²) < 4.78 is 447. The molecule has 2 rings (SSSR count). The van der Waals surface area contributed by atoms with Crippen LogP contribution in [0.3, 0.4) is 0 Å². The Balaban J connectivity index is 0. The van der Waals surface area contributed by atoms with Gasteiger partial charge in [0.05, 0.1) is 47.7 Å². The Bertz CT molecular complexity index is 3880. The fourth-order valence-electron chi connectivity index (χ4n) is 9.99. The molecule has 2 aromatic carbocycles. The first-order valence-electron chi connectivity index (χ1n) is 39.7. The second kappa shape index (κ2) is 43.3. The molecule has 131 heavy (non-hydrogen) atoms. The minimum Gasteiger partial charge on any atom is -0.507 e. The van der Waals surface area contributed by atoms with Gasteiger partial charge in [0, 0.05) is 12.8 Å². The number of esters is 6. The van der Waals surface area contributed by atoms with Gasteiger partial charge in [0.1, 0.15) is 50.1 Å². The van der Waals surface area contributed by atoms with Gasteiger partial charge in [-0.05, 0) is 149 Å². The van der Waals surface area contributed by atoms with E-state index in [9.17, 15) is 190 Å². The molecule has 0 amide bonds. The molecule has 0 aliphatic carbocycles. The summed E-state index contributed by atoms with van der Waals surface area (Å²) in [5.41, 5.74) is -8.11. The van der Waals surface area contributed by atoms with Crippen molar-refractivity contribution >= 4 is 35.8 Å². The number of ether oxygens (including phenoxy) is 6. The summed E-state index contributed by atoms with van der Waals surface area (Å²) in [6.45, 7) is 38.0. The van der Waals surface area contributed by atoms with Crippen LogP contribution in [0.4, 0.5) is 140 Å². The zero-order chi connectivity index (χ0) is 105. The quantitative estimate of drug-likeness (QED) is 0.0278. The lowest BCUT2D eigenvalue weighted by atomic mass is 9.78. The number of hydrogen-bond acceptors (Lipinski definition) is 16. The maximum Gasteiger partial charge on any atom is 0.460 e. The zero-order valence-electron chi connectivity index (χ0n) is 76.1. The number of rotatable bonds is 38. The van der Waals surface area contributed by atoms with Crippen LogP contribution in [0, 0.1) is 21.7 Å². The summed E-state index contributed by atoms with van der Waals surface area (Å²) in [5, 5.41) is 41.6. The van der Waals surface area contributed by atoms with Crippen LogP contribution >= 0.6 is 0 Å². The summed E-state index contributed by atoms with van der Waals surface area (Å²) in [5.74, 6) is -91.3. The molecule has 2 atom stereocenters. The van der Waals surface area contributed by atoms with Crippen LogP contribution in [0.15, 0.2) is 24.3 Å². The standard InChI is InChI=1S/2C26H42O6.C16H15F17O2.C15H15F15O2/c2*1-10-26(8,9)23(30)32-16-18(27)15-31-21(28)12-11-17-13-19(24(2,3)4)22(29)20(14-17)25(5,6)7;1-4-8(2,3)7(34)35-6-5-9(17,18)10(19,20)11(21,22)12(23,24)13(25,26)14(27,28)15(29,30)16(31,32)33;1-4-8(2,3)7(31)32-6-5-9(16,17)11(19,20)13(23,24)12(21,22)10(18,14(25,26)27)15(28,29)30/h2*13-14,18,27,29H,10-12,15-16H2,1-9H3;4-6H2,1-3H3;4-6H2,1-3H3. The van der Waals surface area contributed by atoms with Crippen LogP contribution < -0.4 is 0 Å². The number of phenols is 2. The molecule has 0 aliphatic heterocycles. The smallest absolute Gasteiger partial charge is 0.460 e. The first-order chi connectivity index (χ1) is 57.6. The van der Waals surface area contributed by atoms with E-state index in [1.165, 1.54) is 13.8 Å². The van der Waals surface area contributed by atoms with Crippen LogP contribution in [0.25, 0.3) is 0 Å². The summed E-state index contributed by atoms with van der Waals surface area (Å²) in [4.78, 5) is 71.4. The van der Waals surface area contributed by atoms with E-state index in [1.807, 2.05) is 121 Å². The molecule has 0 fully saturated rings. The number of alkyl halides is 32. The monoisotopic (exact) mass is 1970 g/mol. The Labute approximate surface area is 736 Å². The number of aliphatic hydroxyl groups excluding tert-OH is 2. The van der Waals surface area contributed by atoms with Gasteiger partial charge in [-0.15, -0.1) is 0 Å². The predicted octanol–water partition coefficient (Wildman–Crippen LogP) is 23.7. The van der Waals surface area contributed by atoms with Crippen molar-refractivity contribution in [3.63, 3.8) is 0 Å². The molecule has 4 N–H and O–H groups in total. The lowest BCUT2D eigenvalue weighted by molar-refractivity contribution is -0.461. The van der Waals surface area contributed by atoms with Gasteiger partial charge < -0.3 is 48.8 Å². The number of aromatic hydroxyl groups is 2. The van der Waals surface area contributed by atoms with Crippen LogP contribution in [-0.2, 0) is 91.7 Å². The van der Waals surface area contributed by atoms with E-state index >= 15 is 0 Å². The summed E-state index contributed by atoms with van der Waals surface area (Å²) in [6.07, 6.45) is -29.0. The van der Waals surface area contributed by atoms with Gasteiger partial charge in [-0.1, -0.05) is 135 Å². The summed E-state index contributed by atoms with van der Waals surface area (Å²) in [7, 11) is 0. The van der Waals surface area contributed by atoms with E-state index in [0.29, 0.717) is 37.2 Å². The van der Waals surface area contributed by atoms with Crippen molar-refractivity contribution in [3.8, 4) is 11.5 Å². The summed E-state index contributed by atoms with van der Waals surface area (Å²) >= 11 is 0. The maximum absolute atomic E-state index is 13.6. The molecule has 48 heteroatoms. The number of benzene rings is 2. The summed E-state index contributed by atoms with van der Waals surface area (Å²) in [6, 6.07) is 7.78. The third kappa shape index (κ3) is 29.5. The molecular formula is C83H114F32O16. The average Bonchev–Trinajstić information content (AvgIpc) is 0.694. The molecule has 0 aromatic heterocycles. The van der Waals surface area contributed by atoms with Crippen LogP contribution in [0.1, 0.15) is 251 Å². The normalized spacial score (nSPS) is 14.7. The minimum atomic E-state index is -8.67. The molecule has 766 valence electrons. The van der Waals surface area contributed by atoms with Crippen LogP contribution in [-0.4, -0.2) is 197 Å². The average molecular weight is 1980 g/mol. The third-order valence-electron chi connectivity index (χ3n) is 20.8.